The smallest absolute Gasteiger partial charge is 0.364 e. The Bertz CT molecular complexity index is 3090. The molecule has 2 fully saturated rings. The van der Waals surface area contributed by atoms with Gasteiger partial charge in [-0.1, -0.05) is 84.9 Å². The minimum Gasteiger partial charge on any atom is -0.477 e. The minimum absolute atomic E-state index is 0.190. The van der Waals surface area contributed by atoms with Gasteiger partial charge in [0.15, 0.2) is 0 Å². The van der Waals surface area contributed by atoms with Crippen LogP contribution < -0.4 is 31.9 Å². The van der Waals surface area contributed by atoms with Crippen molar-refractivity contribution in [3.63, 3.8) is 0 Å². The lowest BCUT2D eigenvalue weighted by Gasteiger charge is -2.46. The van der Waals surface area contributed by atoms with E-state index in [-0.39, 0.29) is 60.0 Å². The summed E-state index contributed by atoms with van der Waals surface area (Å²) in [4.78, 5) is 102. The molecule has 3 heterocycles. The molecule has 2 saturated heterocycles. The van der Waals surface area contributed by atoms with Gasteiger partial charge in [-0.15, -0.1) is 11.3 Å². The average Bonchev–Trinajstić information content (AvgIpc) is 1.17. The molecule has 4 aromatic carbocycles. The number of carbonyl (C=O) groups is 8. The van der Waals surface area contributed by atoms with Crippen molar-refractivity contribution in [1.82, 2.24) is 31.9 Å². The van der Waals surface area contributed by atoms with E-state index in [1.54, 1.807) is 48.5 Å². The van der Waals surface area contributed by atoms with Gasteiger partial charge in [0.25, 0.3) is 35.2 Å². The summed E-state index contributed by atoms with van der Waals surface area (Å²) >= 11 is 3.81. The first-order valence-corrected chi connectivity index (χ1v) is 33.1. The van der Waals surface area contributed by atoms with Crippen LogP contribution in [0.15, 0.2) is 121 Å². The molecule has 0 radical (unpaired) electrons. The van der Waals surface area contributed by atoms with Crippen molar-refractivity contribution in [2.75, 3.05) is 62.4 Å². The molecule has 12 atom stereocenters. The molecule has 1 aromatic heterocycles. The standard InChI is InChI=1S/C64H78N6O20S3/c1-37(71)69-51-45(73)33-63(61(83)84,89-55(51)53(77)47(75)35-67-57(79)43-19-15-41(16-20-43)39-11-5-3-6-12-39)87-27-9-29-91-31-25-65-59(81)49-23-24-50(93-49)60(82)66-26-32-92-30-10-28-88-64(62(85)86)34-46(74)52(70-38(2)72)56(90-64)54(78)48(76)36-68-58(80)44-21-17-42(18-22-44)40-13-7-4-8-14-40/h3-8,11-24,45-48,51-56,73-78H,9-10,25-36H2,1-2H3,(H,65,81)(H,66,82)(H,67,79)(H,68,80)(H,69,71)(H,70,72)(H,83,84)(H,85,86)/t45-,46-,47+,48+,51+,52+,53+,54+,55+,56+,63+,64+/m0/s1. The molecule has 93 heavy (non-hydrogen) atoms. The number of ether oxygens (including phenoxy) is 4. The molecule has 2 aliphatic rings. The van der Waals surface area contributed by atoms with E-state index in [4.69, 9.17) is 18.9 Å². The summed E-state index contributed by atoms with van der Waals surface area (Å²) in [6, 6.07) is 32.7. The normalized spacial score (nSPS) is 22.4. The summed E-state index contributed by atoms with van der Waals surface area (Å²) < 4.78 is 23.2. The molecule has 0 aliphatic carbocycles. The van der Waals surface area contributed by atoms with Crippen molar-refractivity contribution in [2.24, 2.45) is 0 Å². The Hall–Kier alpha value is -7.36. The Morgan fingerprint density at radius 2 is 0.860 bits per heavy atom. The number of carboxylic acids is 2. The molecule has 2 aliphatic heterocycles. The van der Waals surface area contributed by atoms with Gasteiger partial charge in [0.1, 0.15) is 24.4 Å². The quantitative estimate of drug-likeness (QED) is 0.0262. The van der Waals surface area contributed by atoms with Crippen LogP contribution >= 0.6 is 34.9 Å². The number of nitrogens with one attached hydrogen (secondary N) is 6. The lowest BCUT2D eigenvalue weighted by atomic mass is 9.88. The third-order valence-electron chi connectivity index (χ3n) is 15.1. The molecule has 0 saturated carbocycles. The summed E-state index contributed by atoms with van der Waals surface area (Å²) in [6.45, 7) is 1.37. The van der Waals surface area contributed by atoms with Crippen LogP contribution in [-0.2, 0) is 38.1 Å². The number of benzene rings is 4. The van der Waals surface area contributed by atoms with Gasteiger partial charge in [0.05, 0.1) is 59.5 Å². The van der Waals surface area contributed by atoms with Gasteiger partial charge in [-0.2, -0.15) is 23.5 Å². The monoisotopic (exact) mass is 1350 g/mol. The topological polar surface area (TPSA) is 408 Å². The number of thioether (sulfide) groups is 2. The van der Waals surface area contributed by atoms with Crippen LogP contribution in [0, 0.1) is 0 Å². The van der Waals surface area contributed by atoms with E-state index in [1.807, 2.05) is 60.7 Å². The summed E-state index contributed by atoms with van der Waals surface area (Å²) in [7, 11) is 0. The molecule has 6 amide bonds. The number of carboxylic acid groups (broad SMARTS) is 2. The van der Waals surface area contributed by atoms with E-state index in [0.29, 0.717) is 23.0 Å². The molecule has 5 aromatic rings. The van der Waals surface area contributed by atoms with Gasteiger partial charge in [-0.25, -0.2) is 9.59 Å². The number of carbonyl (C=O) groups excluding carboxylic acids is 6. The first kappa shape index (κ1) is 73.1. The maximum Gasteiger partial charge on any atom is 0.364 e. The largest absolute Gasteiger partial charge is 0.477 e. The lowest BCUT2D eigenvalue weighted by Crippen LogP contribution is -2.68. The van der Waals surface area contributed by atoms with Crippen LogP contribution in [0.5, 0.6) is 0 Å². The summed E-state index contributed by atoms with van der Waals surface area (Å²) in [6.07, 6.45) is -14.7. The Morgan fingerprint density at radius 3 is 1.20 bits per heavy atom. The van der Waals surface area contributed by atoms with Gasteiger partial charge in [-0.05, 0) is 83.0 Å². The number of aliphatic carboxylic acids is 2. The number of rotatable bonds is 34. The minimum atomic E-state index is -2.49. The average molecular weight is 1350 g/mol. The van der Waals surface area contributed by atoms with Crippen molar-refractivity contribution in [1.29, 1.82) is 0 Å². The second-order valence-electron chi connectivity index (χ2n) is 22.0. The van der Waals surface area contributed by atoms with Gasteiger partial charge < -0.3 is 91.7 Å². The van der Waals surface area contributed by atoms with Crippen molar-refractivity contribution in [3.05, 3.63) is 142 Å². The SMILES string of the molecule is CC(=O)N[C@H]1[C@H]([C@H](O)[C@H](O)CNC(=O)c2ccc(-c3ccccc3)cc2)O[C@@](OCCCSCCNC(=O)c2ccc(C(=O)NCCSCCCO[C@]3(C(=O)O)C[C@H](O)[C@@H](NC(C)=O)[C@H]([C@H](O)[C@H](O)CNC(=O)c4ccc(-c5ccccc5)cc4)O3)s2)(C(=O)O)C[C@@H]1O. The van der Waals surface area contributed by atoms with E-state index >= 15 is 0 Å². The third kappa shape index (κ3) is 20.6. The zero-order valence-corrected chi connectivity index (χ0v) is 53.4. The van der Waals surface area contributed by atoms with E-state index < -0.39 is 146 Å². The van der Waals surface area contributed by atoms with E-state index in [0.717, 1.165) is 47.4 Å². The molecule has 0 spiro atoms. The molecule has 26 nitrogen and oxygen atoms in total. The van der Waals surface area contributed by atoms with Crippen molar-refractivity contribution in [3.8, 4) is 22.3 Å². The molecular weight excluding hydrogens is 1270 g/mol. The summed E-state index contributed by atoms with van der Waals surface area (Å²) in [5, 5.41) is 103. The maximum absolute atomic E-state index is 13.0. The zero-order valence-electron chi connectivity index (χ0n) is 50.9. The predicted molar refractivity (Wildman–Crippen MR) is 344 cm³/mol. The second kappa shape index (κ2) is 35.2. The number of hydrogen-bond acceptors (Lipinski definition) is 21. The fourth-order valence-corrected chi connectivity index (χ4v) is 12.7. The number of aliphatic hydroxyl groups excluding tert-OH is 6. The molecule has 14 N–H and O–H groups in total. The highest BCUT2D eigenvalue weighted by molar-refractivity contribution is 7.99. The van der Waals surface area contributed by atoms with Gasteiger partial charge in [-0.3, -0.25) is 28.8 Å². The van der Waals surface area contributed by atoms with Crippen LogP contribution in [0.1, 0.15) is 79.6 Å². The highest BCUT2D eigenvalue weighted by Gasteiger charge is 2.57. The maximum atomic E-state index is 13.0. The first-order valence-electron chi connectivity index (χ1n) is 29.9. The Balaban J connectivity index is 0.776. The Morgan fingerprint density at radius 1 is 0.505 bits per heavy atom. The van der Waals surface area contributed by atoms with Crippen LogP contribution in [0.25, 0.3) is 22.3 Å². The van der Waals surface area contributed by atoms with Gasteiger partial charge >= 0.3 is 11.9 Å². The fraction of sp³-hybridized carbons (Fsp3) is 0.438. The molecule has 7 rings (SSSR count). The molecule has 502 valence electrons. The molecule has 0 unspecified atom stereocenters. The van der Waals surface area contributed by atoms with Crippen LogP contribution in [0.2, 0.25) is 0 Å². The third-order valence-corrected chi connectivity index (χ3v) is 18.3. The summed E-state index contributed by atoms with van der Waals surface area (Å²) in [5.74, 6) is -9.74. The second-order valence-corrected chi connectivity index (χ2v) is 25.5. The Labute approximate surface area is 548 Å². The highest BCUT2D eigenvalue weighted by Crippen LogP contribution is 2.36. The number of thiophene rings is 1. The molecule has 0 bridgehead atoms. The summed E-state index contributed by atoms with van der Waals surface area (Å²) in [5.41, 5.74) is 4.16. The molecular formula is C64H78N6O20S3. The van der Waals surface area contributed by atoms with Crippen LogP contribution in [0.4, 0.5) is 0 Å². The molecule has 29 heteroatoms. The number of hydrogen-bond donors (Lipinski definition) is 14. The van der Waals surface area contributed by atoms with E-state index in [2.05, 4.69) is 31.9 Å². The van der Waals surface area contributed by atoms with Crippen molar-refractivity contribution < 1.29 is 98.2 Å². The Kier molecular flexibility index (Phi) is 27.7. The highest BCUT2D eigenvalue weighted by atomic mass is 32.2. The van der Waals surface area contributed by atoms with E-state index in [9.17, 15) is 79.2 Å². The first-order chi connectivity index (χ1) is 44.5. The lowest BCUT2D eigenvalue weighted by molar-refractivity contribution is -0.310. The predicted octanol–water partition coefficient (Wildman–Crippen LogP) is 2.00. The number of amides is 6. The van der Waals surface area contributed by atoms with Crippen molar-refractivity contribution in [2.45, 2.75) is 112 Å². The van der Waals surface area contributed by atoms with Gasteiger partial charge in [0, 0.05) is 75.5 Å². The van der Waals surface area contributed by atoms with E-state index in [1.165, 1.54) is 35.7 Å². The van der Waals surface area contributed by atoms with Crippen molar-refractivity contribution >= 4 is 82.2 Å². The number of aliphatic hydroxyl groups is 6. The van der Waals surface area contributed by atoms with Crippen LogP contribution in [0.3, 0.4) is 0 Å². The van der Waals surface area contributed by atoms with Crippen LogP contribution in [-0.4, -0.2) is 223 Å². The fourth-order valence-electron chi connectivity index (χ4n) is 10.3. The van der Waals surface area contributed by atoms with Gasteiger partial charge in [0.2, 0.25) is 11.8 Å². The zero-order chi connectivity index (χ0) is 67.2.